The van der Waals surface area contributed by atoms with Gasteiger partial charge in [-0.25, -0.2) is 0 Å². The summed E-state index contributed by atoms with van der Waals surface area (Å²) >= 11 is 0. The molecule has 1 rings (SSSR count). The van der Waals surface area contributed by atoms with Crippen LogP contribution >= 0.6 is 0 Å². The molecule has 4 heteroatoms. The van der Waals surface area contributed by atoms with Crippen molar-refractivity contribution in [2.45, 2.75) is 6.42 Å². The monoisotopic (exact) mass is 123 g/mol. The molecule has 0 unspecified atom stereocenters. The second-order valence-electron chi connectivity index (χ2n) is 1.85. The van der Waals surface area contributed by atoms with Gasteiger partial charge in [0.05, 0.1) is 0 Å². The van der Waals surface area contributed by atoms with Gasteiger partial charge in [0.15, 0.2) is 0 Å². The normalized spacial score (nSPS) is 21.3. The number of hydrogen-bond donors (Lipinski definition) is 2. The maximum atomic E-state index is 8.48. The van der Waals surface area contributed by atoms with Crippen molar-refractivity contribution in [3.8, 4) is 0 Å². The van der Waals surface area contributed by atoms with Gasteiger partial charge in [-0.3, -0.25) is 0 Å². The summed E-state index contributed by atoms with van der Waals surface area (Å²) in [6.07, 6.45) is 5.93. The minimum atomic E-state index is 0.698. The van der Waals surface area contributed by atoms with Crippen molar-refractivity contribution in [2.24, 2.45) is 5.84 Å². The molecular weight excluding hydrogens is 115 g/mol. The quantitative estimate of drug-likeness (QED) is 0.237. The zero-order chi connectivity index (χ0) is 6.69. The average molecular weight is 123 g/mol. The Kier molecular flexibility index (Phi) is 1.67. The van der Waals surface area contributed by atoms with Crippen LogP contribution in [-0.2, 0) is 0 Å². The molecule has 1 aliphatic heterocycles. The molecule has 0 aliphatic carbocycles. The van der Waals surface area contributed by atoms with Gasteiger partial charge >= 0.3 is 53.0 Å². The van der Waals surface area contributed by atoms with Crippen LogP contribution in [0.3, 0.4) is 0 Å². The van der Waals surface area contributed by atoms with Gasteiger partial charge in [0.2, 0.25) is 0 Å². The third kappa shape index (κ3) is 1.42. The zero-order valence-corrected chi connectivity index (χ0v) is 4.99. The van der Waals surface area contributed by atoms with E-state index in [9.17, 15) is 0 Å². The first-order valence-electron chi connectivity index (χ1n) is 2.71. The Morgan fingerprint density at radius 3 is 3.00 bits per heavy atom. The fourth-order valence-corrected chi connectivity index (χ4v) is 0.617. The van der Waals surface area contributed by atoms with Gasteiger partial charge in [0, 0.05) is 0 Å². The number of nitrogens with zero attached hydrogens (tertiary/aromatic N) is 1. The summed E-state index contributed by atoms with van der Waals surface area (Å²) in [6.45, 7) is 0. The van der Waals surface area contributed by atoms with Crippen molar-refractivity contribution in [3.63, 3.8) is 0 Å². The molecule has 0 saturated heterocycles. The summed E-state index contributed by atoms with van der Waals surface area (Å²) in [4.78, 5) is 0. The van der Waals surface area contributed by atoms with E-state index < -0.39 is 0 Å². The van der Waals surface area contributed by atoms with Crippen molar-refractivity contribution in [2.75, 3.05) is 0 Å². The molecule has 0 radical (unpaired) electrons. The van der Waals surface area contributed by atoms with Crippen LogP contribution in [0.5, 0.6) is 0 Å². The molecule has 0 spiro atoms. The van der Waals surface area contributed by atoms with Gasteiger partial charge in [-0.1, -0.05) is 0 Å². The van der Waals surface area contributed by atoms with Crippen molar-refractivity contribution < 1.29 is 9.71 Å². The van der Waals surface area contributed by atoms with Gasteiger partial charge in [-0.2, -0.15) is 0 Å². The van der Waals surface area contributed by atoms with Crippen molar-refractivity contribution in [1.82, 2.24) is 0 Å². The third-order valence-electron chi connectivity index (χ3n) is 1.16. The van der Waals surface area contributed by atoms with E-state index in [4.69, 9.17) is 10.9 Å². The maximum absolute atomic E-state index is 8.48. The first-order valence-corrected chi connectivity index (χ1v) is 2.71. The van der Waals surface area contributed by atoms with Crippen molar-refractivity contribution in [3.05, 3.63) is 12.3 Å². The first kappa shape index (κ1) is 6.07. The van der Waals surface area contributed by atoms with Crippen LogP contribution in [0.2, 0.25) is 0 Å². The summed E-state index contributed by atoms with van der Waals surface area (Å²) < 4.78 is 1.47. The Morgan fingerprint density at radius 2 is 2.56 bits per heavy atom. The average Bonchev–Trinajstić information content (AvgIpc) is 1.90. The molecule has 0 atom stereocenters. The molecule has 0 aromatic rings. The molecule has 0 aromatic carbocycles. The molecule has 0 bridgehead atoms. The van der Waals surface area contributed by atoms with Crippen LogP contribution in [0.1, 0.15) is 6.42 Å². The molecule has 0 saturated carbocycles. The Morgan fingerprint density at radius 1 is 1.78 bits per heavy atom. The van der Waals surface area contributed by atoms with E-state index in [2.05, 4.69) is 0 Å². The molecule has 3 N–H and O–H groups in total. The van der Waals surface area contributed by atoms with Crippen LogP contribution in [0.25, 0.3) is 0 Å². The van der Waals surface area contributed by atoms with Gasteiger partial charge < -0.3 is 0 Å². The van der Waals surface area contributed by atoms with Gasteiger partial charge in [-0.15, -0.1) is 0 Å². The third-order valence-corrected chi connectivity index (χ3v) is 1.16. The molecule has 9 heavy (non-hydrogen) atoms. The summed E-state index contributed by atoms with van der Waals surface area (Å²) in [7, 11) is 1.08. The second kappa shape index (κ2) is 2.48. The van der Waals surface area contributed by atoms with Gasteiger partial charge in [0.25, 0.3) is 0 Å². The summed E-state index contributed by atoms with van der Waals surface area (Å²) in [6, 6.07) is 0. The molecule has 1 heterocycles. The predicted octanol–water partition coefficient (Wildman–Crippen LogP) is -1.36. The SMILES string of the molecule is N[N+]1=CCC(=BO)C=C1. The number of rotatable bonds is 0. The van der Waals surface area contributed by atoms with Crippen LogP contribution in [0.15, 0.2) is 12.3 Å². The predicted molar refractivity (Wildman–Crippen MR) is 37.2 cm³/mol. The molecule has 0 aromatic heterocycles. The molecule has 0 amide bonds. The van der Waals surface area contributed by atoms with Crippen LogP contribution in [0.4, 0.5) is 0 Å². The molecule has 46 valence electrons. The number of hydrazone groups is 1. The first-order chi connectivity index (χ1) is 4.33. The number of hydrogen-bond acceptors (Lipinski definition) is 2. The van der Waals surface area contributed by atoms with E-state index in [1.165, 1.54) is 4.68 Å². The van der Waals surface area contributed by atoms with Crippen LogP contribution in [0, 0.1) is 0 Å². The van der Waals surface area contributed by atoms with E-state index in [1.807, 2.05) is 0 Å². The fourth-order valence-electron chi connectivity index (χ4n) is 0.617. The van der Waals surface area contributed by atoms with Crippen LogP contribution in [-0.4, -0.2) is 28.5 Å². The molecule has 0 fully saturated rings. The van der Waals surface area contributed by atoms with E-state index in [-0.39, 0.29) is 0 Å². The Bertz CT molecular complexity index is 195. The fraction of sp³-hybridized carbons (Fsp3) is 0.200. The zero-order valence-electron chi connectivity index (χ0n) is 4.99. The Balaban J connectivity index is 2.70. The number of allylic oxidation sites excluding steroid dienone is 1. The van der Waals surface area contributed by atoms with Crippen LogP contribution < -0.4 is 5.84 Å². The summed E-state index contributed by atoms with van der Waals surface area (Å²) in [5.41, 5.74) is 0.872. The molecular formula is C5H8BN2O+. The second-order valence-corrected chi connectivity index (χ2v) is 1.85. The summed E-state index contributed by atoms with van der Waals surface area (Å²) in [5.74, 6) is 5.33. The van der Waals surface area contributed by atoms with E-state index in [0.717, 1.165) is 12.6 Å². The number of nitrogens with two attached hydrogens (primary N) is 1. The standard InChI is InChI=1S/C5H8BN2O/c7-8-3-1-5(6-9)2-4-8/h1,3-4,9H,2,7H2/q+1. The van der Waals surface area contributed by atoms with E-state index >= 15 is 0 Å². The summed E-state index contributed by atoms with van der Waals surface area (Å²) in [5, 5.41) is 8.48. The van der Waals surface area contributed by atoms with Gasteiger partial charge in [-0.05, 0) is 0 Å². The topological polar surface area (TPSA) is 49.3 Å². The minimum absolute atomic E-state index is 0.698. The molecule has 3 nitrogen and oxygen atoms in total. The van der Waals surface area contributed by atoms with Gasteiger partial charge in [0.1, 0.15) is 0 Å². The Labute approximate surface area is 54.0 Å². The Hall–Kier alpha value is -1.06. The van der Waals surface area contributed by atoms with Crippen molar-refractivity contribution in [1.29, 1.82) is 0 Å². The van der Waals surface area contributed by atoms with E-state index in [1.54, 1.807) is 18.5 Å². The van der Waals surface area contributed by atoms with E-state index in [0.29, 0.717) is 6.42 Å². The molecule has 1 aliphatic rings. The van der Waals surface area contributed by atoms with Crippen molar-refractivity contribution >= 4 is 18.8 Å². The number of hydrazine groups is 1.